The van der Waals surface area contributed by atoms with Gasteiger partial charge in [0.25, 0.3) is 0 Å². The summed E-state index contributed by atoms with van der Waals surface area (Å²) in [6.07, 6.45) is 7.45. The normalized spacial score (nSPS) is 22.5. The highest BCUT2D eigenvalue weighted by Gasteiger charge is 2.45. The van der Waals surface area contributed by atoms with Gasteiger partial charge in [0.05, 0.1) is 5.56 Å². The second kappa shape index (κ2) is 8.78. The molecule has 2 aromatic rings. The third-order valence-corrected chi connectivity index (χ3v) is 8.66. The smallest absolute Gasteiger partial charge is 0.232 e. The molecule has 0 saturated carbocycles. The summed E-state index contributed by atoms with van der Waals surface area (Å²) in [4.78, 5) is 30.1. The van der Waals surface area contributed by atoms with Crippen LogP contribution < -0.4 is 4.90 Å². The predicted molar refractivity (Wildman–Crippen MR) is 131 cm³/mol. The van der Waals surface area contributed by atoms with Crippen LogP contribution in [0, 0.1) is 22.6 Å². The average molecular weight is 477 g/mol. The van der Waals surface area contributed by atoms with Crippen LogP contribution in [0.1, 0.15) is 86.3 Å². The van der Waals surface area contributed by atoms with Crippen molar-refractivity contribution in [1.82, 2.24) is 0 Å². The number of ketones is 1. The Bertz CT molecular complexity index is 1230. The van der Waals surface area contributed by atoms with Gasteiger partial charge in [0, 0.05) is 34.9 Å². The van der Waals surface area contributed by atoms with Crippen LogP contribution in [0.5, 0.6) is 0 Å². The van der Waals surface area contributed by atoms with Crippen molar-refractivity contribution in [2.45, 2.75) is 77.6 Å². The first-order valence-electron chi connectivity index (χ1n) is 12.2. The van der Waals surface area contributed by atoms with E-state index in [1.54, 1.807) is 28.4 Å². The van der Waals surface area contributed by atoms with E-state index in [-0.39, 0.29) is 35.3 Å². The summed E-state index contributed by atoms with van der Waals surface area (Å²) in [5.41, 5.74) is 3.61. The lowest BCUT2D eigenvalue weighted by atomic mass is 9.69. The molecule has 3 aliphatic rings. The maximum Gasteiger partial charge on any atom is 0.232 e. The van der Waals surface area contributed by atoms with Gasteiger partial charge >= 0.3 is 0 Å². The van der Waals surface area contributed by atoms with E-state index in [0.717, 1.165) is 48.9 Å². The standard InChI is InChI=1S/C28H29FN2O2S/c1-28(2)14-22-26(23(32)15-28)20(17-9-11-18(29)12-10-17)13-25(33)31(22)27-21(16-30)19-7-5-3-4-6-8-24(19)34-27/h9-12,20H,3-8,13-15H2,1-2H3/t20-/m0/s1. The quantitative estimate of drug-likeness (QED) is 0.492. The summed E-state index contributed by atoms with van der Waals surface area (Å²) in [7, 11) is 0. The number of halogens is 1. The van der Waals surface area contributed by atoms with Crippen molar-refractivity contribution in [3.63, 3.8) is 0 Å². The van der Waals surface area contributed by atoms with Gasteiger partial charge in [-0.1, -0.05) is 38.8 Å². The predicted octanol–water partition coefficient (Wildman–Crippen LogP) is 6.58. The number of benzene rings is 1. The van der Waals surface area contributed by atoms with Crippen LogP contribution in [0.4, 0.5) is 9.39 Å². The number of carbonyl (C=O) groups is 2. The second-order valence-electron chi connectivity index (χ2n) is 10.5. The molecule has 0 fully saturated rings. The number of Topliss-reactive ketones (excluding diaryl/α,β-unsaturated/α-hetero) is 1. The van der Waals surface area contributed by atoms with Crippen molar-refractivity contribution in [3.05, 3.63) is 62.9 Å². The van der Waals surface area contributed by atoms with Gasteiger partial charge in [-0.25, -0.2) is 4.39 Å². The molecule has 4 nitrogen and oxygen atoms in total. The number of allylic oxidation sites excluding steroid dienone is 2. The summed E-state index contributed by atoms with van der Waals surface area (Å²) in [6, 6.07) is 8.54. The number of amides is 1. The summed E-state index contributed by atoms with van der Waals surface area (Å²) in [5.74, 6) is -0.766. The van der Waals surface area contributed by atoms with Gasteiger partial charge in [-0.15, -0.1) is 11.3 Å². The second-order valence-corrected chi connectivity index (χ2v) is 11.6. The van der Waals surface area contributed by atoms with Gasteiger partial charge in [-0.3, -0.25) is 14.5 Å². The largest absolute Gasteiger partial charge is 0.294 e. The zero-order valence-electron chi connectivity index (χ0n) is 19.7. The molecule has 0 bridgehead atoms. The first-order chi connectivity index (χ1) is 16.3. The van der Waals surface area contributed by atoms with E-state index in [1.165, 1.54) is 23.4 Å². The molecule has 0 saturated heterocycles. The zero-order chi connectivity index (χ0) is 24.0. The van der Waals surface area contributed by atoms with Crippen molar-refractivity contribution in [3.8, 4) is 6.07 Å². The van der Waals surface area contributed by atoms with Gasteiger partial charge < -0.3 is 0 Å². The van der Waals surface area contributed by atoms with Gasteiger partial charge in [-0.05, 0) is 60.8 Å². The molecule has 0 radical (unpaired) electrons. The molecule has 0 N–H and O–H groups in total. The van der Waals surface area contributed by atoms with Crippen LogP contribution in [0.15, 0.2) is 35.5 Å². The molecule has 0 unspecified atom stereocenters. The highest BCUT2D eigenvalue weighted by Crippen LogP contribution is 2.50. The molecule has 2 aliphatic carbocycles. The maximum absolute atomic E-state index is 13.7. The van der Waals surface area contributed by atoms with Crippen LogP contribution >= 0.6 is 11.3 Å². The van der Waals surface area contributed by atoms with E-state index in [2.05, 4.69) is 19.9 Å². The van der Waals surface area contributed by atoms with Crippen molar-refractivity contribution >= 4 is 28.0 Å². The number of rotatable bonds is 2. The minimum absolute atomic E-state index is 0.0477. The van der Waals surface area contributed by atoms with Crippen LogP contribution in [-0.4, -0.2) is 11.7 Å². The number of carbonyl (C=O) groups excluding carboxylic acids is 2. The molecule has 5 rings (SSSR count). The van der Waals surface area contributed by atoms with E-state index in [1.807, 2.05) is 0 Å². The number of hydrogen-bond donors (Lipinski definition) is 0. The fraction of sp³-hybridized carbons (Fsp3) is 0.464. The third kappa shape index (κ3) is 4.01. The zero-order valence-corrected chi connectivity index (χ0v) is 20.6. The number of nitrogens with zero attached hydrogens (tertiary/aromatic N) is 2. The van der Waals surface area contributed by atoms with E-state index in [0.29, 0.717) is 29.0 Å². The Labute approximate surface area is 204 Å². The SMILES string of the molecule is CC1(C)CC(=O)C2=C(C1)N(c1sc3c(c1C#N)CCCCCC3)C(=O)C[C@H]2c1ccc(F)cc1. The summed E-state index contributed by atoms with van der Waals surface area (Å²) in [5, 5.41) is 10.8. The summed E-state index contributed by atoms with van der Waals surface area (Å²) < 4.78 is 13.6. The van der Waals surface area contributed by atoms with Crippen LogP contribution in [0.2, 0.25) is 0 Å². The highest BCUT2D eigenvalue weighted by molar-refractivity contribution is 7.16. The van der Waals surface area contributed by atoms with Crippen molar-refractivity contribution in [2.24, 2.45) is 5.41 Å². The summed E-state index contributed by atoms with van der Waals surface area (Å²) in [6.45, 7) is 4.11. The van der Waals surface area contributed by atoms with Gasteiger partial charge in [0.15, 0.2) is 5.78 Å². The minimum atomic E-state index is -0.380. The van der Waals surface area contributed by atoms with Crippen molar-refractivity contribution in [2.75, 3.05) is 4.90 Å². The number of thiophene rings is 1. The van der Waals surface area contributed by atoms with Gasteiger partial charge in [-0.2, -0.15) is 5.26 Å². The molecular formula is C28H29FN2O2S. The first kappa shape index (κ1) is 23.0. The Morgan fingerprint density at radius 2 is 1.76 bits per heavy atom. The Kier molecular flexibility index (Phi) is 5.93. The lowest BCUT2D eigenvalue weighted by Gasteiger charge is -2.42. The van der Waals surface area contributed by atoms with Crippen molar-refractivity contribution < 1.29 is 14.0 Å². The Hall–Kier alpha value is -2.78. The summed E-state index contributed by atoms with van der Waals surface area (Å²) >= 11 is 1.56. The molecule has 34 heavy (non-hydrogen) atoms. The molecule has 1 atom stereocenters. The fourth-order valence-corrected chi connectivity index (χ4v) is 7.19. The van der Waals surface area contributed by atoms with Crippen LogP contribution in [0.25, 0.3) is 0 Å². The molecule has 1 aromatic carbocycles. The topological polar surface area (TPSA) is 61.2 Å². The monoisotopic (exact) mass is 476 g/mol. The minimum Gasteiger partial charge on any atom is -0.294 e. The van der Waals surface area contributed by atoms with Crippen LogP contribution in [-0.2, 0) is 22.4 Å². The average Bonchev–Trinajstić information content (AvgIpc) is 3.08. The molecule has 6 heteroatoms. The molecular weight excluding hydrogens is 447 g/mol. The number of aryl methyl sites for hydroxylation is 1. The third-order valence-electron chi connectivity index (χ3n) is 7.38. The lowest BCUT2D eigenvalue weighted by Crippen LogP contribution is -2.43. The Balaban J connectivity index is 1.69. The van der Waals surface area contributed by atoms with Crippen LogP contribution in [0.3, 0.4) is 0 Å². The molecule has 2 heterocycles. The number of anilines is 1. The van der Waals surface area contributed by atoms with E-state index < -0.39 is 0 Å². The fourth-order valence-electron chi connectivity index (χ4n) is 5.81. The van der Waals surface area contributed by atoms with Gasteiger partial charge in [0.2, 0.25) is 5.91 Å². The molecule has 0 spiro atoms. The Morgan fingerprint density at radius 3 is 2.47 bits per heavy atom. The number of nitriles is 1. The van der Waals surface area contributed by atoms with E-state index in [4.69, 9.17) is 0 Å². The molecule has 1 amide bonds. The molecule has 176 valence electrons. The number of hydrogen-bond acceptors (Lipinski definition) is 4. The van der Waals surface area contributed by atoms with Crippen molar-refractivity contribution in [1.29, 1.82) is 5.26 Å². The molecule has 1 aromatic heterocycles. The molecule has 1 aliphatic heterocycles. The van der Waals surface area contributed by atoms with E-state index >= 15 is 0 Å². The van der Waals surface area contributed by atoms with E-state index in [9.17, 15) is 19.2 Å². The first-order valence-corrected chi connectivity index (χ1v) is 13.0. The Morgan fingerprint density at radius 1 is 1.06 bits per heavy atom. The van der Waals surface area contributed by atoms with Gasteiger partial charge in [0.1, 0.15) is 16.9 Å². The lowest BCUT2D eigenvalue weighted by molar-refractivity contribution is -0.120. The highest BCUT2D eigenvalue weighted by atomic mass is 32.1. The number of fused-ring (bicyclic) bond motifs is 1. The maximum atomic E-state index is 13.7.